The van der Waals surface area contributed by atoms with Crippen molar-refractivity contribution in [2.75, 3.05) is 11.9 Å². The lowest BCUT2D eigenvalue weighted by Crippen LogP contribution is -2.39. The van der Waals surface area contributed by atoms with Crippen molar-refractivity contribution >= 4 is 27.5 Å². The summed E-state index contributed by atoms with van der Waals surface area (Å²) >= 11 is 0. The Morgan fingerprint density at radius 2 is 1.77 bits per heavy atom. The van der Waals surface area contributed by atoms with Gasteiger partial charge in [0.2, 0.25) is 15.9 Å². The monoisotopic (exact) mass is 437 g/mol. The molecular weight excluding hydrogens is 402 g/mol. The Kier molecular flexibility index (Phi) is 8.85. The van der Waals surface area contributed by atoms with Gasteiger partial charge in [0.1, 0.15) is 0 Å². The van der Waals surface area contributed by atoms with E-state index in [2.05, 4.69) is 15.4 Å². The van der Waals surface area contributed by atoms with Crippen LogP contribution in [0.25, 0.3) is 0 Å². The van der Waals surface area contributed by atoms with E-state index in [1.165, 1.54) is 6.42 Å². The molecule has 0 aliphatic heterocycles. The molecule has 1 aromatic carbocycles. The van der Waals surface area contributed by atoms with Crippen molar-refractivity contribution in [2.24, 2.45) is 0 Å². The summed E-state index contributed by atoms with van der Waals surface area (Å²) in [6, 6.07) is 7.18. The van der Waals surface area contributed by atoms with Crippen LogP contribution in [0, 0.1) is 0 Å². The Bertz CT molecular complexity index is 825. The Hall–Kier alpha value is -1.93. The Balaban J connectivity index is 1.75. The summed E-state index contributed by atoms with van der Waals surface area (Å²) in [6.07, 6.45) is 7.01. The zero-order valence-electron chi connectivity index (χ0n) is 18.3. The van der Waals surface area contributed by atoms with E-state index in [1.54, 1.807) is 45.0 Å². The highest BCUT2D eigenvalue weighted by Gasteiger charge is 2.28. The number of carbonyl (C=O) groups is 2. The molecule has 1 fully saturated rings. The van der Waals surface area contributed by atoms with Gasteiger partial charge in [-0.25, -0.2) is 13.1 Å². The van der Waals surface area contributed by atoms with Crippen molar-refractivity contribution in [3.05, 3.63) is 29.8 Å². The number of hydrogen-bond acceptors (Lipinski definition) is 4. The third-order valence-corrected chi connectivity index (χ3v) is 7.47. The van der Waals surface area contributed by atoms with Crippen molar-refractivity contribution in [3.63, 3.8) is 0 Å². The third-order valence-electron chi connectivity index (χ3n) is 5.28. The summed E-state index contributed by atoms with van der Waals surface area (Å²) in [5, 5.41) is 5.89. The van der Waals surface area contributed by atoms with Crippen LogP contribution in [0.5, 0.6) is 0 Å². The zero-order chi connectivity index (χ0) is 22.2. The fraction of sp³-hybridized carbons (Fsp3) is 0.636. The molecule has 3 N–H and O–H groups in total. The predicted octanol–water partition coefficient (Wildman–Crippen LogP) is 3.58. The predicted molar refractivity (Wildman–Crippen MR) is 120 cm³/mol. The molecule has 0 radical (unpaired) electrons. The molecular formula is C22H35N3O4S. The number of hydrogen-bond donors (Lipinski definition) is 3. The molecule has 0 heterocycles. The fourth-order valence-corrected chi connectivity index (χ4v) is 4.16. The van der Waals surface area contributed by atoms with Gasteiger partial charge in [-0.1, -0.05) is 25.3 Å². The zero-order valence-corrected chi connectivity index (χ0v) is 19.1. The van der Waals surface area contributed by atoms with Gasteiger partial charge in [-0.3, -0.25) is 9.59 Å². The van der Waals surface area contributed by atoms with Gasteiger partial charge in [0.05, 0.1) is 4.75 Å². The molecule has 1 aliphatic rings. The third kappa shape index (κ3) is 7.72. The van der Waals surface area contributed by atoms with Crippen molar-refractivity contribution < 1.29 is 18.0 Å². The molecule has 1 aromatic rings. The molecule has 0 spiro atoms. The molecule has 0 unspecified atom stereocenters. The molecule has 8 heteroatoms. The van der Waals surface area contributed by atoms with Crippen LogP contribution in [0.4, 0.5) is 5.69 Å². The topological polar surface area (TPSA) is 104 Å². The van der Waals surface area contributed by atoms with Crippen LogP contribution in [0.15, 0.2) is 24.3 Å². The molecule has 0 aromatic heterocycles. The number of amides is 2. The Morgan fingerprint density at radius 3 is 2.43 bits per heavy atom. The van der Waals surface area contributed by atoms with Crippen LogP contribution in [0.1, 0.15) is 82.5 Å². The standard InChI is InChI=1S/C22H35N3O4S/c1-22(2,3)30(28,29)23-15-8-7-14-20(26)24-19-13-9-10-17(16-19)21(27)25-18-11-5-4-6-12-18/h9-10,13,16,18,23H,4-8,11-12,14-15H2,1-3H3,(H,24,26)(H,25,27). The van der Waals surface area contributed by atoms with Gasteiger partial charge in [-0.05, 0) is 64.7 Å². The maximum Gasteiger partial charge on any atom is 0.251 e. The van der Waals surface area contributed by atoms with Crippen LogP contribution in [-0.4, -0.2) is 37.6 Å². The van der Waals surface area contributed by atoms with Crippen LogP contribution < -0.4 is 15.4 Å². The van der Waals surface area contributed by atoms with Gasteiger partial charge in [-0.2, -0.15) is 0 Å². The minimum atomic E-state index is -3.36. The average molecular weight is 438 g/mol. The molecule has 0 atom stereocenters. The molecule has 30 heavy (non-hydrogen) atoms. The quantitative estimate of drug-likeness (QED) is 0.514. The molecule has 2 rings (SSSR count). The fourth-order valence-electron chi connectivity index (χ4n) is 3.31. The molecule has 0 saturated heterocycles. The molecule has 1 aliphatic carbocycles. The van der Waals surface area contributed by atoms with Gasteiger partial charge in [0.25, 0.3) is 5.91 Å². The number of rotatable bonds is 9. The lowest BCUT2D eigenvalue weighted by molar-refractivity contribution is -0.116. The second-order valence-corrected chi connectivity index (χ2v) is 11.4. The number of benzene rings is 1. The second-order valence-electron chi connectivity index (χ2n) is 8.90. The van der Waals surface area contributed by atoms with E-state index >= 15 is 0 Å². The largest absolute Gasteiger partial charge is 0.349 e. The van der Waals surface area contributed by atoms with Crippen LogP contribution in [0.3, 0.4) is 0 Å². The first kappa shape index (κ1) is 24.3. The average Bonchev–Trinajstić information content (AvgIpc) is 2.67. The lowest BCUT2D eigenvalue weighted by Gasteiger charge is -2.22. The van der Waals surface area contributed by atoms with E-state index in [0.29, 0.717) is 30.6 Å². The first-order valence-corrected chi connectivity index (χ1v) is 12.3. The summed E-state index contributed by atoms with van der Waals surface area (Å²) in [6.45, 7) is 5.24. The van der Waals surface area contributed by atoms with Crippen LogP contribution >= 0.6 is 0 Å². The summed E-state index contributed by atoms with van der Waals surface area (Å²) < 4.78 is 25.7. The van der Waals surface area contributed by atoms with E-state index in [0.717, 1.165) is 25.7 Å². The summed E-state index contributed by atoms with van der Waals surface area (Å²) in [7, 11) is -3.36. The number of nitrogens with one attached hydrogen (secondary N) is 3. The van der Waals surface area contributed by atoms with E-state index in [1.807, 2.05) is 0 Å². The molecule has 2 amide bonds. The first-order chi connectivity index (χ1) is 14.1. The Labute approximate surface area is 180 Å². The van der Waals surface area contributed by atoms with E-state index in [4.69, 9.17) is 0 Å². The number of carbonyl (C=O) groups excluding carboxylic acids is 2. The highest BCUT2D eigenvalue weighted by Crippen LogP contribution is 2.19. The first-order valence-electron chi connectivity index (χ1n) is 10.8. The summed E-state index contributed by atoms with van der Waals surface area (Å²) in [4.78, 5) is 24.6. The van der Waals surface area contributed by atoms with Gasteiger partial charge in [0, 0.05) is 30.3 Å². The highest BCUT2D eigenvalue weighted by molar-refractivity contribution is 7.90. The van der Waals surface area contributed by atoms with E-state index in [-0.39, 0.29) is 24.3 Å². The minimum Gasteiger partial charge on any atom is -0.349 e. The number of unbranched alkanes of at least 4 members (excludes halogenated alkanes) is 1. The maximum absolute atomic E-state index is 12.5. The minimum absolute atomic E-state index is 0.107. The van der Waals surface area contributed by atoms with Gasteiger partial charge in [0.15, 0.2) is 0 Å². The van der Waals surface area contributed by atoms with E-state index in [9.17, 15) is 18.0 Å². The Morgan fingerprint density at radius 1 is 1.07 bits per heavy atom. The second kappa shape index (κ2) is 10.9. The summed E-state index contributed by atoms with van der Waals surface area (Å²) in [5.41, 5.74) is 1.12. The van der Waals surface area contributed by atoms with Crippen molar-refractivity contribution in [3.8, 4) is 0 Å². The van der Waals surface area contributed by atoms with Crippen molar-refractivity contribution in [2.45, 2.75) is 82.9 Å². The lowest BCUT2D eigenvalue weighted by atomic mass is 9.95. The molecule has 1 saturated carbocycles. The SMILES string of the molecule is CC(C)(C)S(=O)(=O)NCCCCC(=O)Nc1cccc(C(=O)NC2CCCCC2)c1. The van der Waals surface area contributed by atoms with Crippen molar-refractivity contribution in [1.82, 2.24) is 10.0 Å². The van der Waals surface area contributed by atoms with Gasteiger partial charge < -0.3 is 10.6 Å². The van der Waals surface area contributed by atoms with Crippen LogP contribution in [-0.2, 0) is 14.8 Å². The van der Waals surface area contributed by atoms with Crippen LogP contribution in [0.2, 0.25) is 0 Å². The van der Waals surface area contributed by atoms with Gasteiger partial charge in [-0.15, -0.1) is 0 Å². The summed E-state index contributed by atoms with van der Waals surface area (Å²) in [5.74, 6) is -0.261. The highest BCUT2D eigenvalue weighted by atomic mass is 32.2. The number of anilines is 1. The smallest absolute Gasteiger partial charge is 0.251 e. The van der Waals surface area contributed by atoms with Gasteiger partial charge >= 0.3 is 0 Å². The van der Waals surface area contributed by atoms with Crippen molar-refractivity contribution in [1.29, 1.82) is 0 Å². The normalized spacial score (nSPS) is 15.6. The molecule has 0 bridgehead atoms. The number of sulfonamides is 1. The van der Waals surface area contributed by atoms with E-state index < -0.39 is 14.8 Å². The molecule has 7 nitrogen and oxygen atoms in total. The maximum atomic E-state index is 12.5. The molecule has 168 valence electrons.